The van der Waals surface area contributed by atoms with E-state index in [9.17, 15) is 9.59 Å². The van der Waals surface area contributed by atoms with E-state index in [1.54, 1.807) is 6.92 Å². The lowest BCUT2D eigenvalue weighted by Crippen LogP contribution is -2.25. The van der Waals surface area contributed by atoms with E-state index in [0.717, 1.165) is 23.3 Å². The van der Waals surface area contributed by atoms with E-state index < -0.39 is 0 Å². The lowest BCUT2D eigenvalue weighted by Gasteiger charge is -2.12. The van der Waals surface area contributed by atoms with E-state index in [-0.39, 0.29) is 24.1 Å². The van der Waals surface area contributed by atoms with Crippen molar-refractivity contribution in [3.63, 3.8) is 0 Å². The fourth-order valence-electron chi connectivity index (χ4n) is 3.49. The third-order valence-corrected chi connectivity index (χ3v) is 6.06. The molecule has 1 aliphatic heterocycles. The van der Waals surface area contributed by atoms with Crippen LogP contribution in [0.4, 0.5) is 0 Å². The highest BCUT2D eigenvalue weighted by Gasteiger charge is 2.23. The molecule has 4 rings (SSSR count). The molecule has 170 valence electrons. The number of hydrazone groups is 1. The van der Waals surface area contributed by atoms with Crippen molar-refractivity contribution in [1.29, 1.82) is 0 Å². The molecule has 33 heavy (non-hydrogen) atoms. The molecule has 2 aromatic carbocycles. The molecule has 1 amide bonds. The van der Waals surface area contributed by atoms with Crippen molar-refractivity contribution in [3.05, 3.63) is 77.6 Å². The Kier molecular flexibility index (Phi) is 7.51. The number of thioether (sulfide) groups is 1. The highest BCUT2D eigenvalue weighted by atomic mass is 32.2. The fourth-order valence-corrected chi connectivity index (χ4v) is 4.32. The van der Waals surface area contributed by atoms with Crippen molar-refractivity contribution < 1.29 is 14.3 Å². The summed E-state index contributed by atoms with van der Waals surface area (Å²) in [5, 5.41) is 15.1. The second kappa shape index (κ2) is 10.9. The van der Waals surface area contributed by atoms with Gasteiger partial charge in [-0.2, -0.15) is 5.10 Å². The summed E-state index contributed by atoms with van der Waals surface area (Å²) in [5.74, 6) is 0.245. The monoisotopic (exact) mass is 463 g/mol. The first-order valence-electron chi connectivity index (χ1n) is 10.8. The van der Waals surface area contributed by atoms with Gasteiger partial charge in [-0.25, -0.2) is 5.01 Å². The normalized spacial score (nSPS) is 13.1. The molecular weight excluding hydrogens is 438 g/mol. The Morgan fingerprint density at radius 2 is 1.76 bits per heavy atom. The fraction of sp³-hybridized carbons (Fsp3) is 0.292. The zero-order valence-electron chi connectivity index (χ0n) is 18.4. The molecule has 1 aliphatic rings. The number of benzene rings is 2. The number of esters is 1. The van der Waals surface area contributed by atoms with Gasteiger partial charge >= 0.3 is 5.97 Å². The second-order valence-electron chi connectivity index (χ2n) is 7.42. The van der Waals surface area contributed by atoms with Crippen LogP contribution in [0.15, 0.2) is 70.9 Å². The summed E-state index contributed by atoms with van der Waals surface area (Å²) < 4.78 is 6.94. The number of hydrogen-bond donors (Lipinski definition) is 0. The van der Waals surface area contributed by atoms with Crippen molar-refractivity contribution >= 4 is 29.4 Å². The van der Waals surface area contributed by atoms with E-state index in [1.807, 2.05) is 65.2 Å². The number of hydrogen-bond acceptors (Lipinski definition) is 7. The summed E-state index contributed by atoms with van der Waals surface area (Å²) in [4.78, 5) is 24.8. The van der Waals surface area contributed by atoms with Gasteiger partial charge in [-0.15, -0.1) is 10.2 Å². The van der Waals surface area contributed by atoms with Gasteiger partial charge in [0.25, 0.3) is 5.91 Å². The maximum Gasteiger partial charge on any atom is 0.313 e. The lowest BCUT2D eigenvalue weighted by atomic mass is 10.1. The average molecular weight is 464 g/mol. The zero-order chi connectivity index (χ0) is 23.0. The van der Waals surface area contributed by atoms with Crippen LogP contribution in [0.25, 0.3) is 0 Å². The average Bonchev–Trinajstić information content (AvgIpc) is 3.47. The number of carbonyl (C=O) groups excluding carboxylic acids is 2. The number of carbonyl (C=O) groups is 2. The molecule has 0 aliphatic carbocycles. The Labute approximate surface area is 196 Å². The largest absolute Gasteiger partial charge is 0.466 e. The first-order valence-corrected chi connectivity index (χ1v) is 11.8. The van der Waals surface area contributed by atoms with Crippen LogP contribution in [0.5, 0.6) is 0 Å². The third-order valence-electron chi connectivity index (χ3n) is 5.11. The van der Waals surface area contributed by atoms with Gasteiger partial charge in [0, 0.05) is 6.42 Å². The molecule has 0 saturated heterocycles. The van der Waals surface area contributed by atoms with Gasteiger partial charge in [0.1, 0.15) is 12.2 Å². The summed E-state index contributed by atoms with van der Waals surface area (Å²) in [6.07, 6.45) is 0.757. The minimum atomic E-state index is -0.355. The number of rotatable bonds is 9. The van der Waals surface area contributed by atoms with Crippen molar-refractivity contribution in [2.75, 3.05) is 18.9 Å². The molecule has 0 N–H and O–H groups in total. The molecule has 3 aromatic rings. The molecule has 0 radical (unpaired) electrons. The summed E-state index contributed by atoms with van der Waals surface area (Å²) in [7, 11) is 0. The molecule has 0 spiro atoms. The van der Waals surface area contributed by atoms with E-state index in [4.69, 9.17) is 4.74 Å². The summed E-state index contributed by atoms with van der Waals surface area (Å²) >= 11 is 1.30. The highest BCUT2D eigenvalue weighted by molar-refractivity contribution is 7.99. The molecule has 0 fully saturated rings. The topological polar surface area (TPSA) is 89.7 Å². The Bertz CT molecular complexity index is 1130. The summed E-state index contributed by atoms with van der Waals surface area (Å²) in [6.45, 7) is 3.14. The first-order chi connectivity index (χ1) is 16.1. The minimum absolute atomic E-state index is 0.0268. The molecular formula is C24H25N5O3S. The molecule has 9 heteroatoms. The molecule has 0 bridgehead atoms. The third kappa shape index (κ3) is 5.87. The zero-order valence-corrected chi connectivity index (χ0v) is 19.2. The minimum Gasteiger partial charge on any atom is -0.466 e. The van der Waals surface area contributed by atoms with E-state index >= 15 is 0 Å². The Balaban J connectivity index is 1.45. The predicted molar refractivity (Wildman–Crippen MR) is 126 cm³/mol. The van der Waals surface area contributed by atoms with Crippen molar-refractivity contribution in [3.8, 4) is 0 Å². The van der Waals surface area contributed by atoms with Crippen molar-refractivity contribution in [1.82, 2.24) is 19.8 Å². The first kappa shape index (κ1) is 22.7. The van der Waals surface area contributed by atoms with Crippen LogP contribution in [-0.2, 0) is 27.3 Å². The molecule has 2 heterocycles. The SMILES string of the molecule is CCOC(=O)Cc1nnc(SCC(=O)N2CCC(c3ccccc3)=N2)n1Cc1ccccc1. The van der Waals surface area contributed by atoms with Gasteiger partial charge in [0.05, 0.1) is 31.2 Å². The maximum absolute atomic E-state index is 12.8. The van der Waals surface area contributed by atoms with Crippen LogP contribution in [0, 0.1) is 0 Å². The van der Waals surface area contributed by atoms with Gasteiger partial charge in [-0.3, -0.25) is 9.59 Å². The Morgan fingerprint density at radius 1 is 1.03 bits per heavy atom. The van der Waals surface area contributed by atoms with E-state index in [0.29, 0.717) is 30.7 Å². The molecule has 1 aromatic heterocycles. The predicted octanol–water partition coefficient (Wildman–Crippen LogP) is 3.16. The quantitative estimate of drug-likeness (QED) is 0.358. The van der Waals surface area contributed by atoms with E-state index in [2.05, 4.69) is 15.3 Å². The van der Waals surface area contributed by atoms with Gasteiger partial charge in [-0.05, 0) is 18.1 Å². The Morgan fingerprint density at radius 3 is 2.48 bits per heavy atom. The Hall–Kier alpha value is -3.46. The van der Waals surface area contributed by atoms with Gasteiger partial charge in [-0.1, -0.05) is 72.4 Å². The van der Waals surface area contributed by atoms with Crippen LogP contribution in [-0.4, -0.2) is 56.3 Å². The van der Waals surface area contributed by atoms with Crippen LogP contribution in [0.2, 0.25) is 0 Å². The van der Waals surface area contributed by atoms with Gasteiger partial charge in [0.2, 0.25) is 0 Å². The summed E-state index contributed by atoms with van der Waals surface area (Å²) in [6, 6.07) is 19.7. The smallest absolute Gasteiger partial charge is 0.313 e. The standard InChI is InChI=1S/C24H25N5O3S/c1-2-32-23(31)15-21-25-26-24(28(21)16-18-9-5-3-6-10-18)33-17-22(30)29-14-13-20(27-29)19-11-7-4-8-12-19/h3-12H,2,13-17H2,1H3. The van der Waals surface area contributed by atoms with Crippen LogP contribution < -0.4 is 0 Å². The summed E-state index contributed by atoms with van der Waals surface area (Å²) in [5.41, 5.74) is 3.00. The van der Waals surface area contributed by atoms with E-state index in [1.165, 1.54) is 16.8 Å². The van der Waals surface area contributed by atoms with Gasteiger partial charge in [0.15, 0.2) is 5.16 Å². The molecule has 8 nitrogen and oxygen atoms in total. The van der Waals surface area contributed by atoms with Crippen molar-refractivity contribution in [2.45, 2.75) is 31.5 Å². The molecule has 0 atom stereocenters. The van der Waals surface area contributed by atoms with Crippen LogP contribution in [0.1, 0.15) is 30.3 Å². The van der Waals surface area contributed by atoms with Crippen LogP contribution in [0.3, 0.4) is 0 Å². The number of ether oxygens (including phenoxy) is 1. The number of aromatic nitrogens is 3. The van der Waals surface area contributed by atoms with Crippen molar-refractivity contribution in [2.24, 2.45) is 5.10 Å². The molecule has 0 saturated carbocycles. The molecule has 0 unspecified atom stereocenters. The highest BCUT2D eigenvalue weighted by Crippen LogP contribution is 2.21. The lowest BCUT2D eigenvalue weighted by molar-refractivity contribution is -0.142. The number of amides is 1. The van der Waals surface area contributed by atoms with Crippen LogP contribution >= 0.6 is 11.8 Å². The van der Waals surface area contributed by atoms with Gasteiger partial charge < -0.3 is 9.30 Å². The maximum atomic E-state index is 12.8. The second-order valence-corrected chi connectivity index (χ2v) is 8.36. The number of nitrogens with zero attached hydrogens (tertiary/aromatic N) is 5.